The van der Waals surface area contributed by atoms with Gasteiger partial charge < -0.3 is 15.2 Å². The van der Waals surface area contributed by atoms with Crippen LogP contribution in [-0.4, -0.2) is 31.8 Å². The van der Waals surface area contributed by atoms with Gasteiger partial charge in [-0.15, -0.1) is 0 Å². The molecule has 0 aromatic rings. The second-order valence-corrected chi connectivity index (χ2v) is 4.91. The Morgan fingerprint density at radius 2 is 1.94 bits per heavy atom. The summed E-state index contributed by atoms with van der Waals surface area (Å²) in [6.45, 7) is 1.83. The summed E-state index contributed by atoms with van der Waals surface area (Å²) in [5.41, 5.74) is 5.37. The van der Waals surface area contributed by atoms with Crippen molar-refractivity contribution in [1.82, 2.24) is 0 Å². The molecule has 4 heteroatoms. The van der Waals surface area contributed by atoms with Crippen molar-refractivity contribution in [3.63, 3.8) is 0 Å². The first-order valence-electron chi connectivity index (χ1n) is 6.26. The fourth-order valence-electron chi connectivity index (χ4n) is 2.61. The molecule has 1 aliphatic carbocycles. The van der Waals surface area contributed by atoms with Gasteiger partial charge in [0, 0.05) is 19.4 Å². The molecule has 0 atom stereocenters. The van der Waals surface area contributed by atoms with E-state index >= 15 is 0 Å². The molecule has 2 N–H and O–H groups in total. The highest BCUT2D eigenvalue weighted by molar-refractivity contribution is 5.77. The van der Waals surface area contributed by atoms with Crippen LogP contribution in [0.1, 0.15) is 38.5 Å². The largest absolute Gasteiger partial charge is 0.462 e. The smallest absolute Gasteiger partial charge is 0.313 e. The van der Waals surface area contributed by atoms with Crippen molar-refractivity contribution in [1.29, 1.82) is 0 Å². The molecule has 1 heterocycles. The molecule has 0 radical (unpaired) electrons. The van der Waals surface area contributed by atoms with Gasteiger partial charge in [0.25, 0.3) is 0 Å². The fourth-order valence-corrected chi connectivity index (χ4v) is 2.61. The van der Waals surface area contributed by atoms with Crippen LogP contribution in [0.2, 0.25) is 0 Å². The van der Waals surface area contributed by atoms with Gasteiger partial charge in [0.15, 0.2) is 0 Å². The van der Waals surface area contributed by atoms with Crippen molar-refractivity contribution in [2.45, 2.75) is 44.6 Å². The molecule has 0 spiro atoms. The molecule has 2 aliphatic rings. The maximum absolute atomic E-state index is 12.1. The van der Waals surface area contributed by atoms with Crippen LogP contribution in [0.4, 0.5) is 0 Å². The van der Waals surface area contributed by atoms with Crippen molar-refractivity contribution in [3.8, 4) is 0 Å². The molecule has 2 fully saturated rings. The van der Waals surface area contributed by atoms with Crippen LogP contribution in [-0.2, 0) is 14.3 Å². The number of carbonyl (C=O) groups is 1. The first kappa shape index (κ1) is 11.9. The molecular formula is C12H21NO3. The summed E-state index contributed by atoms with van der Waals surface area (Å²) in [6, 6.07) is 0. The van der Waals surface area contributed by atoms with E-state index in [1.54, 1.807) is 0 Å². The van der Waals surface area contributed by atoms with Crippen LogP contribution in [0.25, 0.3) is 0 Å². The van der Waals surface area contributed by atoms with Gasteiger partial charge in [0.2, 0.25) is 0 Å². The van der Waals surface area contributed by atoms with E-state index in [0.29, 0.717) is 19.8 Å². The molecule has 1 saturated heterocycles. The number of hydrogen-bond donors (Lipinski definition) is 1. The lowest BCUT2D eigenvalue weighted by Gasteiger charge is -2.29. The zero-order valence-electron chi connectivity index (χ0n) is 9.74. The summed E-state index contributed by atoms with van der Waals surface area (Å²) in [4.78, 5) is 12.1. The minimum absolute atomic E-state index is 0.0466. The van der Waals surface area contributed by atoms with Crippen molar-refractivity contribution in [3.05, 3.63) is 0 Å². The average Bonchev–Trinajstić information content (AvgIpc) is 2.80. The van der Waals surface area contributed by atoms with Crippen LogP contribution in [0.3, 0.4) is 0 Å². The highest BCUT2D eigenvalue weighted by Gasteiger charge is 2.42. The first-order valence-corrected chi connectivity index (χ1v) is 6.26. The first-order chi connectivity index (χ1) is 7.77. The minimum Gasteiger partial charge on any atom is -0.462 e. The Morgan fingerprint density at radius 1 is 1.31 bits per heavy atom. The van der Waals surface area contributed by atoms with Crippen LogP contribution < -0.4 is 5.73 Å². The predicted molar refractivity (Wildman–Crippen MR) is 59.9 cm³/mol. The summed E-state index contributed by atoms with van der Waals surface area (Å²) in [5, 5.41) is 0. The Hall–Kier alpha value is -0.610. The van der Waals surface area contributed by atoms with Gasteiger partial charge in [-0.05, 0) is 12.8 Å². The standard InChI is InChI=1S/C12H21NO3/c13-9-12(5-1-2-6-12)11(14)16-10-3-7-15-8-4-10/h10H,1-9,13H2. The van der Waals surface area contributed by atoms with E-state index in [1.807, 2.05) is 0 Å². The minimum atomic E-state index is -0.377. The molecule has 16 heavy (non-hydrogen) atoms. The Morgan fingerprint density at radius 3 is 2.50 bits per heavy atom. The lowest BCUT2D eigenvalue weighted by atomic mass is 9.86. The maximum Gasteiger partial charge on any atom is 0.313 e. The number of ether oxygens (including phenoxy) is 2. The summed E-state index contributed by atoms with van der Waals surface area (Å²) < 4.78 is 10.8. The fraction of sp³-hybridized carbons (Fsp3) is 0.917. The van der Waals surface area contributed by atoms with Gasteiger partial charge in [-0.25, -0.2) is 0 Å². The zero-order chi connectivity index (χ0) is 11.4. The number of carbonyl (C=O) groups excluding carboxylic acids is 1. The highest BCUT2D eigenvalue weighted by atomic mass is 16.6. The summed E-state index contributed by atoms with van der Waals surface area (Å²) >= 11 is 0. The van der Waals surface area contributed by atoms with Crippen LogP contribution in [0, 0.1) is 5.41 Å². The average molecular weight is 227 g/mol. The molecular weight excluding hydrogens is 206 g/mol. The van der Waals surface area contributed by atoms with E-state index in [0.717, 1.165) is 38.5 Å². The number of esters is 1. The molecule has 0 amide bonds. The Labute approximate surface area is 96.5 Å². The van der Waals surface area contributed by atoms with E-state index < -0.39 is 0 Å². The van der Waals surface area contributed by atoms with Gasteiger partial charge >= 0.3 is 5.97 Å². The summed E-state index contributed by atoms with van der Waals surface area (Å²) in [6.07, 6.45) is 5.68. The van der Waals surface area contributed by atoms with E-state index in [1.165, 1.54) is 0 Å². The van der Waals surface area contributed by atoms with Gasteiger partial charge in [-0.2, -0.15) is 0 Å². The number of rotatable bonds is 3. The molecule has 0 aromatic carbocycles. The Bertz CT molecular complexity index is 243. The zero-order valence-corrected chi connectivity index (χ0v) is 9.74. The Kier molecular flexibility index (Phi) is 3.82. The third kappa shape index (κ3) is 2.38. The van der Waals surface area contributed by atoms with E-state index in [2.05, 4.69) is 0 Å². The number of nitrogens with two attached hydrogens (primary N) is 1. The molecule has 1 aliphatic heterocycles. The van der Waals surface area contributed by atoms with Crippen molar-refractivity contribution in [2.24, 2.45) is 11.1 Å². The lowest BCUT2D eigenvalue weighted by Crippen LogP contribution is -2.40. The molecule has 92 valence electrons. The molecule has 2 rings (SSSR count). The van der Waals surface area contributed by atoms with Gasteiger partial charge in [-0.3, -0.25) is 4.79 Å². The van der Waals surface area contributed by atoms with E-state index in [4.69, 9.17) is 15.2 Å². The predicted octanol–water partition coefficient (Wildman–Crippen LogP) is 1.23. The second kappa shape index (κ2) is 5.15. The quantitative estimate of drug-likeness (QED) is 0.737. The maximum atomic E-state index is 12.1. The molecule has 0 unspecified atom stereocenters. The third-order valence-electron chi connectivity index (χ3n) is 3.83. The molecule has 1 saturated carbocycles. The molecule has 0 aromatic heterocycles. The third-order valence-corrected chi connectivity index (χ3v) is 3.83. The SMILES string of the molecule is NCC1(C(=O)OC2CCOCC2)CCCC1. The van der Waals surface area contributed by atoms with Gasteiger partial charge in [-0.1, -0.05) is 12.8 Å². The van der Waals surface area contributed by atoms with Crippen LogP contribution in [0.15, 0.2) is 0 Å². The summed E-state index contributed by atoms with van der Waals surface area (Å²) in [7, 11) is 0. The van der Waals surface area contributed by atoms with Gasteiger partial charge in [0.05, 0.1) is 18.6 Å². The van der Waals surface area contributed by atoms with Crippen molar-refractivity contribution < 1.29 is 14.3 Å². The Balaban J connectivity index is 1.90. The van der Waals surface area contributed by atoms with Gasteiger partial charge in [0.1, 0.15) is 6.10 Å². The molecule has 4 nitrogen and oxygen atoms in total. The van der Waals surface area contributed by atoms with E-state index in [-0.39, 0.29) is 17.5 Å². The normalized spacial score (nSPS) is 25.6. The second-order valence-electron chi connectivity index (χ2n) is 4.91. The highest BCUT2D eigenvalue weighted by Crippen LogP contribution is 2.38. The van der Waals surface area contributed by atoms with E-state index in [9.17, 15) is 4.79 Å². The summed E-state index contributed by atoms with van der Waals surface area (Å²) in [5.74, 6) is -0.0700. The molecule has 0 bridgehead atoms. The van der Waals surface area contributed by atoms with Crippen LogP contribution >= 0.6 is 0 Å². The topological polar surface area (TPSA) is 61.6 Å². The van der Waals surface area contributed by atoms with Crippen molar-refractivity contribution >= 4 is 5.97 Å². The lowest BCUT2D eigenvalue weighted by molar-refractivity contribution is -0.164. The van der Waals surface area contributed by atoms with Crippen LogP contribution in [0.5, 0.6) is 0 Å². The van der Waals surface area contributed by atoms with Crippen molar-refractivity contribution in [2.75, 3.05) is 19.8 Å². The number of hydrogen-bond acceptors (Lipinski definition) is 4. The monoisotopic (exact) mass is 227 g/mol.